The lowest BCUT2D eigenvalue weighted by Gasteiger charge is -2.09. The molecular formula is C16H18BrN. The van der Waals surface area contributed by atoms with E-state index in [4.69, 9.17) is 0 Å². The Balaban J connectivity index is 1.96. The van der Waals surface area contributed by atoms with Gasteiger partial charge in [-0.05, 0) is 35.7 Å². The van der Waals surface area contributed by atoms with Crippen molar-refractivity contribution in [3.8, 4) is 0 Å². The molecule has 0 aliphatic heterocycles. The maximum Gasteiger partial charge on any atom is 0.0411 e. The summed E-state index contributed by atoms with van der Waals surface area (Å²) < 4.78 is 1.15. The molecule has 2 heteroatoms. The van der Waals surface area contributed by atoms with Crippen molar-refractivity contribution in [2.24, 2.45) is 0 Å². The molecule has 18 heavy (non-hydrogen) atoms. The van der Waals surface area contributed by atoms with Crippen LogP contribution >= 0.6 is 15.9 Å². The standard InChI is InChI=1S/C16H18BrN/c1-2-5-13-8-10-15(11-9-13)18-12-14-6-3-4-7-16(14)17/h3-4,6-11,18H,2,5,12H2,1H3. The number of nitrogens with one attached hydrogen (secondary N) is 1. The van der Waals surface area contributed by atoms with Gasteiger partial charge in [0.2, 0.25) is 0 Å². The summed E-state index contributed by atoms with van der Waals surface area (Å²) in [4.78, 5) is 0. The zero-order valence-corrected chi connectivity index (χ0v) is 12.2. The SMILES string of the molecule is CCCc1ccc(NCc2ccccc2Br)cc1. The van der Waals surface area contributed by atoms with Crippen molar-refractivity contribution < 1.29 is 0 Å². The van der Waals surface area contributed by atoms with Crippen molar-refractivity contribution in [2.45, 2.75) is 26.3 Å². The fourth-order valence-corrected chi connectivity index (χ4v) is 2.34. The monoisotopic (exact) mass is 303 g/mol. The molecule has 0 atom stereocenters. The maximum absolute atomic E-state index is 3.56. The Hall–Kier alpha value is -1.28. The number of rotatable bonds is 5. The summed E-state index contributed by atoms with van der Waals surface area (Å²) in [6.45, 7) is 3.05. The van der Waals surface area contributed by atoms with E-state index in [1.807, 2.05) is 6.07 Å². The second-order valence-corrected chi connectivity index (χ2v) is 5.25. The molecule has 0 bridgehead atoms. The van der Waals surface area contributed by atoms with Crippen LogP contribution in [-0.4, -0.2) is 0 Å². The number of hydrogen-bond donors (Lipinski definition) is 1. The normalized spacial score (nSPS) is 10.3. The first-order chi connectivity index (χ1) is 8.79. The highest BCUT2D eigenvalue weighted by molar-refractivity contribution is 9.10. The van der Waals surface area contributed by atoms with Gasteiger partial charge in [0.1, 0.15) is 0 Å². The number of hydrogen-bond acceptors (Lipinski definition) is 1. The van der Waals surface area contributed by atoms with Crippen LogP contribution < -0.4 is 5.32 Å². The molecule has 94 valence electrons. The average molecular weight is 304 g/mol. The van der Waals surface area contributed by atoms with Gasteiger partial charge in [-0.3, -0.25) is 0 Å². The summed E-state index contributed by atoms with van der Waals surface area (Å²) in [6, 6.07) is 17.0. The average Bonchev–Trinajstić information content (AvgIpc) is 2.40. The van der Waals surface area contributed by atoms with E-state index in [0.717, 1.165) is 17.4 Å². The molecule has 2 aromatic rings. The molecule has 0 radical (unpaired) electrons. The molecule has 0 aliphatic carbocycles. The van der Waals surface area contributed by atoms with E-state index >= 15 is 0 Å². The molecule has 1 nitrogen and oxygen atoms in total. The van der Waals surface area contributed by atoms with Crippen LogP contribution in [0.25, 0.3) is 0 Å². The molecule has 0 heterocycles. The first-order valence-electron chi connectivity index (χ1n) is 6.36. The minimum absolute atomic E-state index is 0.842. The molecular weight excluding hydrogens is 286 g/mol. The molecule has 2 rings (SSSR count). The van der Waals surface area contributed by atoms with Crippen molar-refractivity contribution in [3.63, 3.8) is 0 Å². The quantitative estimate of drug-likeness (QED) is 0.818. The largest absolute Gasteiger partial charge is 0.381 e. The Labute approximate surface area is 117 Å². The summed E-state index contributed by atoms with van der Waals surface area (Å²) in [7, 11) is 0. The molecule has 0 aromatic heterocycles. The summed E-state index contributed by atoms with van der Waals surface area (Å²) in [5.74, 6) is 0. The van der Waals surface area contributed by atoms with E-state index in [9.17, 15) is 0 Å². The number of halogens is 1. The van der Waals surface area contributed by atoms with Crippen LogP contribution in [0.1, 0.15) is 24.5 Å². The van der Waals surface area contributed by atoms with Gasteiger partial charge in [0.05, 0.1) is 0 Å². The zero-order chi connectivity index (χ0) is 12.8. The van der Waals surface area contributed by atoms with Crippen LogP contribution in [0.2, 0.25) is 0 Å². The third-order valence-corrected chi connectivity index (χ3v) is 3.71. The Kier molecular flexibility index (Phi) is 4.82. The van der Waals surface area contributed by atoms with Crippen LogP contribution in [0.5, 0.6) is 0 Å². The van der Waals surface area contributed by atoms with Crippen LogP contribution in [-0.2, 0) is 13.0 Å². The topological polar surface area (TPSA) is 12.0 Å². The van der Waals surface area contributed by atoms with Crippen molar-refractivity contribution in [3.05, 3.63) is 64.1 Å². The van der Waals surface area contributed by atoms with Crippen LogP contribution in [0.3, 0.4) is 0 Å². The van der Waals surface area contributed by atoms with Gasteiger partial charge in [0, 0.05) is 16.7 Å². The fourth-order valence-electron chi connectivity index (χ4n) is 1.92. The zero-order valence-electron chi connectivity index (χ0n) is 10.6. The molecule has 0 saturated heterocycles. The molecule has 0 aliphatic rings. The fraction of sp³-hybridized carbons (Fsp3) is 0.250. The lowest BCUT2D eigenvalue weighted by Crippen LogP contribution is -2.00. The summed E-state index contributed by atoms with van der Waals surface area (Å²) in [5.41, 5.74) is 3.85. The van der Waals surface area contributed by atoms with E-state index in [1.165, 1.54) is 23.2 Å². The Morgan fingerprint density at radius 3 is 2.39 bits per heavy atom. The van der Waals surface area contributed by atoms with Crippen LogP contribution in [0.15, 0.2) is 53.0 Å². The summed E-state index contributed by atoms with van der Waals surface area (Å²) >= 11 is 3.56. The molecule has 0 unspecified atom stereocenters. The number of aryl methyl sites for hydroxylation is 1. The predicted octanol–water partition coefficient (Wildman–Crippen LogP) is 5.01. The molecule has 2 aromatic carbocycles. The van der Waals surface area contributed by atoms with E-state index in [-0.39, 0.29) is 0 Å². The lowest BCUT2D eigenvalue weighted by molar-refractivity contribution is 0.922. The highest BCUT2D eigenvalue weighted by Gasteiger charge is 1.98. The molecule has 0 saturated carbocycles. The van der Waals surface area contributed by atoms with Gasteiger partial charge < -0.3 is 5.32 Å². The Morgan fingerprint density at radius 1 is 1.00 bits per heavy atom. The van der Waals surface area contributed by atoms with Crippen LogP contribution in [0, 0.1) is 0 Å². The van der Waals surface area contributed by atoms with Gasteiger partial charge in [0.25, 0.3) is 0 Å². The van der Waals surface area contributed by atoms with Crippen molar-refractivity contribution in [1.82, 2.24) is 0 Å². The van der Waals surface area contributed by atoms with Gasteiger partial charge in [-0.1, -0.05) is 59.6 Å². The second-order valence-electron chi connectivity index (χ2n) is 4.39. The summed E-state index contributed by atoms with van der Waals surface area (Å²) in [5, 5.41) is 3.44. The van der Waals surface area contributed by atoms with Gasteiger partial charge in [-0.2, -0.15) is 0 Å². The highest BCUT2D eigenvalue weighted by Crippen LogP contribution is 2.18. The second kappa shape index (κ2) is 6.60. The smallest absolute Gasteiger partial charge is 0.0411 e. The van der Waals surface area contributed by atoms with E-state index in [0.29, 0.717) is 0 Å². The Morgan fingerprint density at radius 2 is 1.72 bits per heavy atom. The van der Waals surface area contributed by atoms with Gasteiger partial charge in [0.15, 0.2) is 0 Å². The Bertz CT molecular complexity index is 491. The third-order valence-electron chi connectivity index (χ3n) is 2.93. The van der Waals surface area contributed by atoms with E-state index in [1.54, 1.807) is 0 Å². The third kappa shape index (κ3) is 3.61. The predicted molar refractivity (Wildman–Crippen MR) is 81.9 cm³/mol. The molecule has 0 fully saturated rings. The van der Waals surface area contributed by atoms with Gasteiger partial charge >= 0.3 is 0 Å². The van der Waals surface area contributed by atoms with Crippen molar-refractivity contribution in [2.75, 3.05) is 5.32 Å². The summed E-state index contributed by atoms with van der Waals surface area (Å²) in [6.07, 6.45) is 2.36. The van der Waals surface area contributed by atoms with Crippen LogP contribution in [0.4, 0.5) is 5.69 Å². The molecule has 0 spiro atoms. The van der Waals surface area contributed by atoms with E-state index < -0.39 is 0 Å². The highest BCUT2D eigenvalue weighted by atomic mass is 79.9. The minimum atomic E-state index is 0.842. The number of benzene rings is 2. The van der Waals surface area contributed by atoms with E-state index in [2.05, 4.69) is 70.6 Å². The first-order valence-corrected chi connectivity index (χ1v) is 7.15. The number of anilines is 1. The maximum atomic E-state index is 3.56. The van der Waals surface area contributed by atoms with Gasteiger partial charge in [-0.15, -0.1) is 0 Å². The molecule has 0 amide bonds. The lowest BCUT2D eigenvalue weighted by atomic mass is 10.1. The van der Waals surface area contributed by atoms with Crippen molar-refractivity contribution in [1.29, 1.82) is 0 Å². The van der Waals surface area contributed by atoms with Gasteiger partial charge in [-0.25, -0.2) is 0 Å². The van der Waals surface area contributed by atoms with Crippen molar-refractivity contribution >= 4 is 21.6 Å². The first kappa shape index (κ1) is 13.2. The molecule has 1 N–H and O–H groups in total. The minimum Gasteiger partial charge on any atom is -0.381 e.